The molecule has 1 saturated carbocycles. The molecule has 0 saturated heterocycles. The molecule has 1 fully saturated rings. The molecule has 0 bridgehead atoms. The van der Waals surface area contributed by atoms with Crippen molar-refractivity contribution in [1.82, 2.24) is 10.6 Å². The van der Waals surface area contributed by atoms with Crippen LogP contribution in [0.2, 0.25) is 0 Å². The molecule has 0 aromatic rings. The zero-order valence-corrected chi connectivity index (χ0v) is 14.3. The highest BCUT2D eigenvalue weighted by atomic mass is 16.6. The first-order valence-corrected chi connectivity index (χ1v) is 7.69. The molecule has 0 unspecified atom stereocenters. The largest absolute Gasteiger partial charge is 0.457 e. The lowest BCUT2D eigenvalue weighted by Gasteiger charge is -2.52. The van der Waals surface area contributed by atoms with Gasteiger partial charge in [-0.1, -0.05) is 0 Å². The van der Waals surface area contributed by atoms with E-state index in [1.54, 1.807) is 0 Å². The van der Waals surface area contributed by atoms with Crippen molar-refractivity contribution in [3.63, 3.8) is 0 Å². The topological polar surface area (TPSA) is 154 Å². The molecule has 25 heavy (non-hydrogen) atoms. The second-order valence-electron chi connectivity index (χ2n) is 6.60. The summed E-state index contributed by atoms with van der Waals surface area (Å²) < 4.78 is 5.11. The fourth-order valence-electron chi connectivity index (χ4n) is 3.39. The van der Waals surface area contributed by atoms with Gasteiger partial charge in [-0.25, -0.2) is 4.99 Å². The SMILES string of the molecule is CC(=O)NC1=N[C@@]2(C(C)=O)[C@H](C[C@](C)(O)[C@@H](O)[C@@H]2OC(C)=O)C(=O)N1. The summed E-state index contributed by atoms with van der Waals surface area (Å²) in [7, 11) is 0. The highest BCUT2D eigenvalue weighted by molar-refractivity contribution is 6.10. The third-order valence-electron chi connectivity index (χ3n) is 4.51. The third-order valence-corrected chi connectivity index (χ3v) is 4.51. The van der Waals surface area contributed by atoms with Gasteiger partial charge >= 0.3 is 5.97 Å². The maximum atomic E-state index is 12.5. The number of guanidine groups is 1. The average molecular weight is 355 g/mol. The van der Waals surface area contributed by atoms with Crippen molar-refractivity contribution in [2.24, 2.45) is 10.9 Å². The Hall–Kier alpha value is -2.33. The Morgan fingerprint density at radius 3 is 2.40 bits per heavy atom. The van der Waals surface area contributed by atoms with Crippen molar-refractivity contribution in [3.05, 3.63) is 0 Å². The number of aliphatic hydroxyl groups is 2. The van der Waals surface area contributed by atoms with Gasteiger partial charge in [0.1, 0.15) is 6.10 Å². The molecule has 2 aliphatic rings. The standard InChI is InChI=1S/C15H21N3O7/c1-6(19)15-9(12(23)17-13(18-15)16-7(2)20)5-14(4,24)10(22)11(15)25-8(3)21/h9-11,22,24H,5H2,1-4H3,(H2,16,17,18,20,23)/t9-,10+,11+,14+,15+/m1/s1. The summed E-state index contributed by atoms with van der Waals surface area (Å²) in [5, 5.41) is 25.5. The van der Waals surface area contributed by atoms with E-state index in [-0.39, 0.29) is 12.4 Å². The summed E-state index contributed by atoms with van der Waals surface area (Å²) in [6, 6.07) is 0. The third kappa shape index (κ3) is 3.14. The molecule has 10 heteroatoms. The van der Waals surface area contributed by atoms with Gasteiger partial charge in [0, 0.05) is 13.8 Å². The number of rotatable bonds is 2. The Morgan fingerprint density at radius 2 is 1.92 bits per heavy atom. The van der Waals surface area contributed by atoms with Crippen molar-refractivity contribution >= 4 is 29.5 Å². The molecule has 2 rings (SSSR count). The summed E-state index contributed by atoms with van der Waals surface area (Å²) in [6.45, 7) is 4.67. The number of aliphatic imine (C=N–C) groups is 1. The van der Waals surface area contributed by atoms with Gasteiger partial charge in [0.15, 0.2) is 17.4 Å². The molecule has 10 nitrogen and oxygen atoms in total. The monoisotopic (exact) mass is 355 g/mol. The molecule has 0 radical (unpaired) electrons. The number of amides is 2. The van der Waals surface area contributed by atoms with Crippen molar-refractivity contribution in [3.8, 4) is 0 Å². The molecule has 0 spiro atoms. The number of nitrogens with one attached hydrogen (secondary N) is 2. The van der Waals surface area contributed by atoms with Crippen LogP contribution < -0.4 is 10.6 Å². The zero-order chi connectivity index (χ0) is 19.2. The molecular weight excluding hydrogens is 334 g/mol. The van der Waals surface area contributed by atoms with E-state index in [2.05, 4.69) is 15.6 Å². The van der Waals surface area contributed by atoms with E-state index >= 15 is 0 Å². The van der Waals surface area contributed by atoms with E-state index in [0.717, 1.165) is 13.8 Å². The summed E-state index contributed by atoms with van der Waals surface area (Å²) in [5.74, 6) is -4.15. The number of fused-ring (bicyclic) bond motifs is 1. The van der Waals surface area contributed by atoms with Gasteiger partial charge in [0.05, 0.1) is 11.5 Å². The van der Waals surface area contributed by atoms with E-state index < -0.39 is 52.8 Å². The van der Waals surface area contributed by atoms with Crippen LogP contribution in [0, 0.1) is 5.92 Å². The predicted molar refractivity (Wildman–Crippen MR) is 83.1 cm³/mol. The molecule has 138 valence electrons. The van der Waals surface area contributed by atoms with Crippen LogP contribution in [0.15, 0.2) is 4.99 Å². The molecule has 2 amide bonds. The number of ether oxygens (including phenoxy) is 1. The number of nitrogens with zero attached hydrogens (tertiary/aromatic N) is 1. The first-order chi connectivity index (χ1) is 11.4. The fourth-order valence-corrected chi connectivity index (χ4v) is 3.39. The van der Waals surface area contributed by atoms with Crippen molar-refractivity contribution < 1.29 is 34.1 Å². The van der Waals surface area contributed by atoms with E-state index in [0.29, 0.717) is 0 Å². The Balaban J connectivity index is 2.67. The van der Waals surface area contributed by atoms with Crippen LogP contribution in [0.1, 0.15) is 34.1 Å². The lowest BCUT2D eigenvalue weighted by Crippen LogP contribution is -2.74. The molecule has 1 aliphatic heterocycles. The molecule has 0 aromatic heterocycles. The summed E-state index contributed by atoms with van der Waals surface area (Å²) in [4.78, 5) is 51.9. The number of esters is 1. The van der Waals surface area contributed by atoms with Gasteiger partial charge in [0.2, 0.25) is 17.8 Å². The first-order valence-electron chi connectivity index (χ1n) is 7.69. The van der Waals surface area contributed by atoms with Gasteiger partial charge < -0.3 is 14.9 Å². The molecule has 5 atom stereocenters. The maximum Gasteiger partial charge on any atom is 0.303 e. The number of ketones is 1. The van der Waals surface area contributed by atoms with Gasteiger partial charge in [0.25, 0.3) is 0 Å². The average Bonchev–Trinajstić information content (AvgIpc) is 2.44. The second kappa shape index (κ2) is 6.19. The van der Waals surface area contributed by atoms with E-state index in [1.165, 1.54) is 13.8 Å². The number of carbonyl (C=O) groups excluding carboxylic acids is 4. The number of carbonyl (C=O) groups is 4. The van der Waals surface area contributed by atoms with Crippen molar-refractivity contribution in [1.29, 1.82) is 0 Å². The molecule has 1 heterocycles. The minimum Gasteiger partial charge on any atom is -0.457 e. The van der Waals surface area contributed by atoms with E-state index in [4.69, 9.17) is 4.74 Å². The van der Waals surface area contributed by atoms with Crippen LogP contribution in [0.25, 0.3) is 0 Å². The Kier molecular flexibility index (Phi) is 4.71. The van der Waals surface area contributed by atoms with Gasteiger partial charge in [-0.05, 0) is 20.3 Å². The van der Waals surface area contributed by atoms with Crippen LogP contribution >= 0.6 is 0 Å². The highest BCUT2D eigenvalue weighted by Gasteiger charge is 2.66. The van der Waals surface area contributed by atoms with Gasteiger partial charge in [-0.2, -0.15) is 0 Å². The highest BCUT2D eigenvalue weighted by Crippen LogP contribution is 2.45. The Bertz CT molecular complexity index is 672. The molecule has 0 aromatic carbocycles. The molecular formula is C15H21N3O7. The summed E-state index contributed by atoms with van der Waals surface area (Å²) in [6.07, 6.45) is -3.54. The fraction of sp³-hybridized carbons (Fsp3) is 0.667. The van der Waals surface area contributed by atoms with Crippen molar-refractivity contribution in [2.75, 3.05) is 0 Å². The summed E-state index contributed by atoms with van der Waals surface area (Å²) >= 11 is 0. The number of Topliss-reactive ketones (excluding diaryl/α,β-unsaturated/α-hetero) is 1. The van der Waals surface area contributed by atoms with Crippen LogP contribution in [0.3, 0.4) is 0 Å². The van der Waals surface area contributed by atoms with Crippen molar-refractivity contribution in [2.45, 2.75) is 57.5 Å². The minimum atomic E-state index is -1.95. The number of hydrogen-bond donors (Lipinski definition) is 4. The van der Waals surface area contributed by atoms with E-state index in [9.17, 15) is 29.4 Å². The van der Waals surface area contributed by atoms with E-state index in [1.807, 2.05) is 0 Å². The smallest absolute Gasteiger partial charge is 0.303 e. The lowest BCUT2D eigenvalue weighted by molar-refractivity contribution is -0.206. The van der Waals surface area contributed by atoms with Crippen LogP contribution in [0.5, 0.6) is 0 Å². The van der Waals surface area contributed by atoms with Gasteiger partial charge in [-0.3, -0.25) is 29.8 Å². The molecule has 1 aliphatic carbocycles. The zero-order valence-electron chi connectivity index (χ0n) is 14.3. The number of aliphatic hydroxyl groups excluding tert-OH is 1. The minimum absolute atomic E-state index is 0.283. The predicted octanol–water partition coefficient (Wildman–Crippen LogP) is -2.00. The quantitative estimate of drug-likeness (QED) is 0.418. The Labute approximate surface area is 143 Å². The number of hydrogen-bond acceptors (Lipinski definition) is 8. The van der Waals surface area contributed by atoms with Crippen LogP contribution in [-0.2, 0) is 23.9 Å². The van der Waals surface area contributed by atoms with Crippen LogP contribution in [0.4, 0.5) is 0 Å². The Morgan fingerprint density at radius 1 is 1.32 bits per heavy atom. The van der Waals surface area contributed by atoms with Gasteiger partial charge in [-0.15, -0.1) is 0 Å². The second-order valence-corrected chi connectivity index (χ2v) is 6.60. The first kappa shape index (κ1) is 19.0. The lowest BCUT2D eigenvalue weighted by atomic mass is 9.61. The normalized spacial score (nSPS) is 37.3. The maximum absolute atomic E-state index is 12.5. The summed E-state index contributed by atoms with van der Waals surface area (Å²) in [5.41, 5.74) is -3.74. The molecule has 4 N–H and O–H groups in total. The van der Waals surface area contributed by atoms with Crippen LogP contribution in [-0.4, -0.2) is 63.1 Å².